The molecule has 21 heavy (non-hydrogen) atoms. The first-order chi connectivity index (χ1) is 10.2. The number of ether oxygens (including phenoxy) is 1. The Bertz CT molecular complexity index is 540. The van der Waals surface area contributed by atoms with E-state index in [1.807, 2.05) is 37.3 Å². The van der Waals surface area contributed by atoms with E-state index in [0.29, 0.717) is 12.2 Å². The second-order valence-corrected chi connectivity index (χ2v) is 4.83. The van der Waals surface area contributed by atoms with Gasteiger partial charge in [0.05, 0.1) is 6.04 Å². The lowest BCUT2D eigenvalue weighted by atomic mass is 10.1. The summed E-state index contributed by atoms with van der Waals surface area (Å²) in [5.41, 5.74) is 0.553. The molecule has 4 heteroatoms. The van der Waals surface area contributed by atoms with Gasteiger partial charge < -0.3 is 10.1 Å². The second kappa shape index (κ2) is 7.74. The maximum atomic E-state index is 13.4. The smallest absolute Gasteiger partial charge is 0.126 e. The highest BCUT2D eigenvalue weighted by molar-refractivity contribution is 5.24. The molecule has 0 fully saturated rings. The molecule has 0 aliphatic rings. The highest BCUT2D eigenvalue weighted by atomic mass is 19.1. The summed E-state index contributed by atoms with van der Waals surface area (Å²) < 4.78 is 32.4. The van der Waals surface area contributed by atoms with E-state index in [0.717, 1.165) is 24.8 Å². The van der Waals surface area contributed by atoms with Gasteiger partial charge in [-0.1, -0.05) is 25.1 Å². The van der Waals surface area contributed by atoms with Crippen molar-refractivity contribution in [3.63, 3.8) is 0 Å². The molecule has 1 unspecified atom stereocenters. The van der Waals surface area contributed by atoms with Gasteiger partial charge in [0.1, 0.15) is 24.0 Å². The molecule has 2 aromatic carbocycles. The van der Waals surface area contributed by atoms with Crippen LogP contribution in [0.5, 0.6) is 5.75 Å². The summed E-state index contributed by atoms with van der Waals surface area (Å²) in [4.78, 5) is 0. The Morgan fingerprint density at radius 2 is 1.71 bits per heavy atom. The minimum Gasteiger partial charge on any atom is -0.492 e. The molecule has 0 spiro atoms. The average molecular weight is 291 g/mol. The lowest BCUT2D eigenvalue weighted by Crippen LogP contribution is -2.27. The lowest BCUT2D eigenvalue weighted by Gasteiger charge is -2.20. The maximum Gasteiger partial charge on any atom is 0.126 e. The van der Waals surface area contributed by atoms with Gasteiger partial charge in [-0.3, -0.25) is 0 Å². The predicted molar refractivity (Wildman–Crippen MR) is 79.3 cm³/mol. The van der Waals surface area contributed by atoms with Crippen molar-refractivity contribution in [2.75, 3.05) is 13.2 Å². The number of hydrogen-bond acceptors (Lipinski definition) is 2. The Labute approximate surface area is 123 Å². The van der Waals surface area contributed by atoms with Gasteiger partial charge in [-0.25, -0.2) is 8.78 Å². The van der Waals surface area contributed by atoms with Crippen molar-refractivity contribution in [1.29, 1.82) is 0 Å². The van der Waals surface area contributed by atoms with E-state index < -0.39 is 11.6 Å². The van der Waals surface area contributed by atoms with Crippen LogP contribution in [0.1, 0.15) is 24.9 Å². The molecular formula is C17H19F2NO. The number of benzene rings is 2. The molecule has 2 rings (SSSR count). The number of halogens is 2. The Morgan fingerprint density at radius 1 is 1.05 bits per heavy atom. The van der Waals surface area contributed by atoms with Crippen molar-refractivity contribution in [2.24, 2.45) is 0 Å². The Kier molecular flexibility index (Phi) is 5.69. The molecule has 112 valence electrons. The molecule has 1 N–H and O–H groups in total. The average Bonchev–Trinajstić information content (AvgIpc) is 2.47. The number of rotatable bonds is 7. The van der Waals surface area contributed by atoms with Crippen molar-refractivity contribution in [1.82, 2.24) is 5.32 Å². The lowest BCUT2D eigenvalue weighted by molar-refractivity contribution is 0.266. The van der Waals surface area contributed by atoms with E-state index in [-0.39, 0.29) is 6.04 Å². The van der Waals surface area contributed by atoms with Crippen molar-refractivity contribution in [3.8, 4) is 5.75 Å². The first-order valence-electron chi connectivity index (χ1n) is 7.06. The molecule has 0 heterocycles. The molecule has 2 nitrogen and oxygen atoms in total. The van der Waals surface area contributed by atoms with Gasteiger partial charge in [-0.15, -0.1) is 0 Å². The SMILES string of the molecule is CCCNC(COc1ccccc1)c1cc(F)cc(F)c1. The van der Waals surface area contributed by atoms with Gasteiger partial charge in [0.15, 0.2) is 0 Å². The van der Waals surface area contributed by atoms with Crippen LogP contribution >= 0.6 is 0 Å². The van der Waals surface area contributed by atoms with E-state index in [1.165, 1.54) is 12.1 Å². The van der Waals surface area contributed by atoms with Crippen LogP contribution in [0.25, 0.3) is 0 Å². The minimum absolute atomic E-state index is 0.254. The molecule has 0 aliphatic heterocycles. The number of nitrogens with one attached hydrogen (secondary N) is 1. The Hall–Kier alpha value is -1.94. The van der Waals surface area contributed by atoms with Crippen LogP contribution in [-0.2, 0) is 0 Å². The normalized spacial score (nSPS) is 12.1. The van der Waals surface area contributed by atoms with Gasteiger partial charge in [0.25, 0.3) is 0 Å². The number of para-hydroxylation sites is 1. The summed E-state index contributed by atoms with van der Waals surface area (Å²) in [6.45, 7) is 3.10. The molecule has 0 saturated heterocycles. The molecular weight excluding hydrogens is 272 g/mol. The summed E-state index contributed by atoms with van der Waals surface area (Å²) in [6, 6.07) is 12.7. The standard InChI is InChI=1S/C17H19F2NO/c1-2-8-20-17(12-21-16-6-4-3-5-7-16)13-9-14(18)11-15(19)10-13/h3-7,9-11,17,20H,2,8,12H2,1H3. The molecule has 0 bridgehead atoms. The van der Waals surface area contributed by atoms with Gasteiger partial charge in [0.2, 0.25) is 0 Å². The summed E-state index contributed by atoms with van der Waals surface area (Å²) in [5, 5.41) is 3.25. The van der Waals surface area contributed by atoms with Crippen LogP contribution in [0.2, 0.25) is 0 Å². The molecule has 0 amide bonds. The third-order valence-electron chi connectivity index (χ3n) is 3.09. The predicted octanol–water partition coefficient (Wildman–Crippen LogP) is 4.08. The fourth-order valence-electron chi connectivity index (χ4n) is 2.06. The zero-order chi connectivity index (χ0) is 15.1. The van der Waals surface area contributed by atoms with Crippen molar-refractivity contribution in [3.05, 3.63) is 65.7 Å². The van der Waals surface area contributed by atoms with Crippen molar-refractivity contribution < 1.29 is 13.5 Å². The summed E-state index contributed by atoms with van der Waals surface area (Å²) in [6.07, 6.45) is 0.930. The first-order valence-corrected chi connectivity index (χ1v) is 7.06. The van der Waals surface area contributed by atoms with Crippen LogP contribution in [0, 0.1) is 11.6 Å². The maximum absolute atomic E-state index is 13.4. The largest absolute Gasteiger partial charge is 0.492 e. The molecule has 2 aromatic rings. The van der Waals surface area contributed by atoms with E-state index in [4.69, 9.17) is 4.74 Å². The summed E-state index contributed by atoms with van der Waals surface area (Å²) in [7, 11) is 0. The molecule has 0 aliphatic carbocycles. The fraction of sp³-hybridized carbons (Fsp3) is 0.294. The van der Waals surface area contributed by atoms with Gasteiger partial charge in [-0.05, 0) is 42.8 Å². The minimum atomic E-state index is -0.576. The molecule has 0 saturated carbocycles. The molecule has 0 aromatic heterocycles. The Morgan fingerprint density at radius 3 is 2.33 bits per heavy atom. The van der Waals surface area contributed by atoms with E-state index in [2.05, 4.69) is 5.32 Å². The molecule has 1 atom stereocenters. The van der Waals surface area contributed by atoms with E-state index in [9.17, 15) is 8.78 Å². The third kappa shape index (κ3) is 4.83. The Balaban J connectivity index is 2.10. The van der Waals surface area contributed by atoms with Gasteiger partial charge in [-0.2, -0.15) is 0 Å². The first kappa shape index (κ1) is 15.4. The van der Waals surface area contributed by atoms with Crippen LogP contribution in [-0.4, -0.2) is 13.2 Å². The van der Waals surface area contributed by atoms with Crippen molar-refractivity contribution in [2.45, 2.75) is 19.4 Å². The van der Waals surface area contributed by atoms with Crippen LogP contribution in [0.15, 0.2) is 48.5 Å². The second-order valence-electron chi connectivity index (χ2n) is 4.83. The van der Waals surface area contributed by atoms with Crippen LogP contribution < -0.4 is 10.1 Å². The third-order valence-corrected chi connectivity index (χ3v) is 3.09. The van der Waals surface area contributed by atoms with Crippen LogP contribution in [0.3, 0.4) is 0 Å². The highest BCUT2D eigenvalue weighted by Gasteiger charge is 2.14. The number of hydrogen-bond donors (Lipinski definition) is 1. The zero-order valence-corrected chi connectivity index (χ0v) is 12.0. The molecule has 0 radical (unpaired) electrons. The summed E-state index contributed by atoms with van der Waals surface area (Å²) in [5.74, 6) is -0.418. The monoisotopic (exact) mass is 291 g/mol. The fourth-order valence-corrected chi connectivity index (χ4v) is 2.06. The summed E-state index contributed by atoms with van der Waals surface area (Å²) >= 11 is 0. The quantitative estimate of drug-likeness (QED) is 0.830. The van der Waals surface area contributed by atoms with Gasteiger partial charge >= 0.3 is 0 Å². The van der Waals surface area contributed by atoms with E-state index >= 15 is 0 Å². The highest BCUT2D eigenvalue weighted by Crippen LogP contribution is 2.19. The van der Waals surface area contributed by atoms with Crippen molar-refractivity contribution >= 4 is 0 Å². The van der Waals surface area contributed by atoms with E-state index in [1.54, 1.807) is 0 Å². The van der Waals surface area contributed by atoms with Gasteiger partial charge in [0, 0.05) is 6.07 Å². The van der Waals surface area contributed by atoms with Crippen LogP contribution in [0.4, 0.5) is 8.78 Å². The zero-order valence-electron chi connectivity index (χ0n) is 12.0. The topological polar surface area (TPSA) is 21.3 Å².